The van der Waals surface area contributed by atoms with Gasteiger partial charge in [0.15, 0.2) is 11.8 Å². The lowest BCUT2D eigenvalue weighted by Gasteiger charge is -2.19. The number of imidazole rings is 1. The highest BCUT2D eigenvalue weighted by atomic mass is 35.5. The first-order chi connectivity index (χ1) is 21.7. The first-order valence-corrected chi connectivity index (χ1v) is 21.5. The Kier molecular flexibility index (Phi) is 10.9. The van der Waals surface area contributed by atoms with E-state index in [9.17, 15) is 18.1 Å². The summed E-state index contributed by atoms with van der Waals surface area (Å²) in [5, 5.41) is 10.2. The molecule has 5 rings (SSSR count). The van der Waals surface area contributed by atoms with Crippen LogP contribution in [0.4, 0.5) is 8.78 Å². The standard InChI is InChI=1S/C30H41ClF2N4O7SSi/c1-45(2,39)34-8-6-7-18-11-21(32)19(22(33)12-18)14-43-29-20(31)13-23-28(36-29)37(17-40-9-10-46(3,4)5)30(35-23)44-25-16-42-26-24(38)15-41-27(25)26/h11-13,24-27,38H,6-10,14-17H2,1-5H3/t24-,25-,26-,27-/m1/s1. The molecule has 0 radical (unpaired) electrons. The van der Waals surface area contributed by atoms with E-state index < -0.39 is 60.5 Å². The Morgan fingerprint density at radius 2 is 1.85 bits per heavy atom. The fourth-order valence-corrected chi connectivity index (χ4v) is 6.68. The average molecular weight is 703 g/mol. The van der Waals surface area contributed by atoms with Crippen molar-refractivity contribution >= 4 is 40.6 Å². The van der Waals surface area contributed by atoms with Gasteiger partial charge in [-0.25, -0.2) is 13.1 Å². The third kappa shape index (κ3) is 8.73. The number of rotatable bonds is 14. The Bertz CT molecular complexity index is 1650. The molecule has 0 spiro atoms. The summed E-state index contributed by atoms with van der Waals surface area (Å²) in [4.78, 5) is 9.14. The molecule has 0 bridgehead atoms. The van der Waals surface area contributed by atoms with Crippen LogP contribution in [0.25, 0.3) is 11.2 Å². The first kappa shape index (κ1) is 34.9. The van der Waals surface area contributed by atoms with Gasteiger partial charge in [-0.2, -0.15) is 9.97 Å². The maximum absolute atomic E-state index is 15.0. The van der Waals surface area contributed by atoms with Crippen LogP contribution in [-0.4, -0.2) is 95.2 Å². The van der Waals surface area contributed by atoms with Crippen molar-refractivity contribution in [2.24, 2.45) is 4.36 Å². The topological polar surface area (TPSA) is 127 Å². The number of hydrogen-bond acceptors (Lipinski definition) is 10. The molecule has 1 aromatic carbocycles. The summed E-state index contributed by atoms with van der Waals surface area (Å²) in [6.07, 6.45) is 1.80. The van der Waals surface area contributed by atoms with Crippen molar-refractivity contribution in [1.82, 2.24) is 14.5 Å². The van der Waals surface area contributed by atoms with Crippen molar-refractivity contribution in [2.45, 2.75) is 76.3 Å². The monoisotopic (exact) mass is 702 g/mol. The third-order valence-electron chi connectivity index (χ3n) is 7.64. The van der Waals surface area contributed by atoms with Crippen LogP contribution >= 0.6 is 11.6 Å². The smallest absolute Gasteiger partial charge is 0.301 e. The number of aliphatic hydroxyl groups excluding tert-OH is 1. The summed E-state index contributed by atoms with van der Waals surface area (Å²) in [6, 6.07) is 5.20. The summed E-state index contributed by atoms with van der Waals surface area (Å²) in [7, 11) is -3.57. The second-order valence-electron chi connectivity index (χ2n) is 13.1. The van der Waals surface area contributed by atoms with E-state index in [0.717, 1.165) is 6.04 Å². The van der Waals surface area contributed by atoms with Gasteiger partial charge in [-0.3, -0.25) is 8.78 Å². The highest BCUT2D eigenvalue weighted by molar-refractivity contribution is 7.92. The number of hydrogen-bond donors (Lipinski definition) is 1. The van der Waals surface area contributed by atoms with Crippen LogP contribution < -0.4 is 9.47 Å². The summed E-state index contributed by atoms with van der Waals surface area (Å²) in [5.74, 6) is -1.55. The van der Waals surface area contributed by atoms with Gasteiger partial charge in [-0.15, -0.1) is 0 Å². The molecule has 0 unspecified atom stereocenters. The predicted molar refractivity (Wildman–Crippen MR) is 173 cm³/mol. The number of nitrogens with zero attached hydrogens (tertiary/aromatic N) is 4. The number of fused-ring (bicyclic) bond motifs is 2. The molecule has 16 heteroatoms. The van der Waals surface area contributed by atoms with Gasteiger partial charge in [0, 0.05) is 43.5 Å². The molecule has 254 valence electrons. The van der Waals surface area contributed by atoms with E-state index in [0.29, 0.717) is 42.7 Å². The van der Waals surface area contributed by atoms with E-state index in [1.807, 2.05) is 0 Å². The molecule has 2 aromatic heterocycles. The Morgan fingerprint density at radius 3 is 2.54 bits per heavy atom. The maximum Gasteiger partial charge on any atom is 0.301 e. The molecule has 2 saturated heterocycles. The minimum atomic E-state index is -2.22. The molecule has 46 heavy (non-hydrogen) atoms. The summed E-state index contributed by atoms with van der Waals surface area (Å²) < 4.78 is 76.8. The van der Waals surface area contributed by atoms with E-state index in [2.05, 4.69) is 34.0 Å². The number of halogens is 3. The molecule has 4 heterocycles. The third-order valence-corrected chi connectivity index (χ3v) is 10.4. The highest BCUT2D eigenvalue weighted by Crippen LogP contribution is 2.33. The minimum Gasteiger partial charge on any atom is -0.471 e. The molecule has 0 aliphatic carbocycles. The van der Waals surface area contributed by atoms with Crippen molar-refractivity contribution in [2.75, 3.05) is 38.9 Å². The zero-order valence-electron chi connectivity index (χ0n) is 26.6. The molecule has 0 saturated carbocycles. The molecule has 4 atom stereocenters. The number of aliphatic hydroxyl groups is 1. The second-order valence-corrected chi connectivity index (χ2v) is 21.7. The van der Waals surface area contributed by atoms with Gasteiger partial charge in [0.1, 0.15) is 53.8 Å². The quantitative estimate of drug-likeness (QED) is 0.186. The van der Waals surface area contributed by atoms with Crippen LogP contribution in [0.1, 0.15) is 17.5 Å². The number of aryl methyl sites for hydroxylation is 1. The average Bonchev–Trinajstić information content (AvgIpc) is 3.62. The summed E-state index contributed by atoms with van der Waals surface area (Å²) in [6.45, 7) is 7.61. The molecule has 0 amide bonds. The van der Waals surface area contributed by atoms with Gasteiger partial charge >= 0.3 is 6.01 Å². The molecule has 3 aromatic rings. The maximum atomic E-state index is 15.0. The molecular formula is C30H41ClF2N4O7SSi. The van der Waals surface area contributed by atoms with Gasteiger partial charge < -0.3 is 28.8 Å². The number of aromatic nitrogens is 3. The van der Waals surface area contributed by atoms with Crippen molar-refractivity contribution in [3.8, 4) is 11.9 Å². The van der Waals surface area contributed by atoms with E-state index in [-0.39, 0.29) is 42.4 Å². The van der Waals surface area contributed by atoms with Crippen molar-refractivity contribution < 1.29 is 41.8 Å². The first-order valence-electron chi connectivity index (χ1n) is 15.1. The SMILES string of the molecule is C[Si](C)(C)CCOCn1c(O[C@@H]2CO[C@H]3[C@@H]2OC[C@H]3O)nc2cc(Cl)c(OCc3c(F)cc(CCCN=S(C)(C)=O)cc3F)nc21. The zero-order valence-corrected chi connectivity index (χ0v) is 29.2. The van der Waals surface area contributed by atoms with Gasteiger partial charge in [0.05, 0.1) is 18.8 Å². The lowest BCUT2D eigenvalue weighted by atomic mass is 10.1. The largest absolute Gasteiger partial charge is 0.471 e. The Morgan fingerprint density at radius 1 is 1.13 bits per heavy atom. The van der Waals surface area contributed by atoms with E-state index in [1.165, 1.54) is 12.1 Å². The summed E-state index contributed by atoms with van der Waals surface area (Å²) in [5.41, 5.74) is 0.944. The lowest BCUT2D eigenvalue weighted by Crippen LogP contribution is -2.35. The van der Waals surface area contributed by atoms with Gasteiger partial charge in [-0.05, 0) is 42.6 Å². The predicted octanol–water partition coefficient (Wildman–Crippen LogP) is 4.82. The molecular weight excluding hydrogens is 662 g/mol. The minimum absolute atomic E-state index is 0.0392. The van der Waals surface area contributed by atoms with E-state index >= 15 is 0 Å². The van der Waals surface area contributed by atoms with Crippen molar-refractivity contribution in [1.29, 1.82) is 0 Å². The lowest BCUT2D eigenvalue weighted by molar-refractivity contribution is 0.00336. The van der Waals surface area contributed by atoms with Crippen LogP contribution in [0.3, 0.4) is 0 Å². The van der Waals surface area contributed by atoms with Crippen LogP contribution in [0, 0.1) is 11.6 Å². The molecule has 2 aliphatic heterocycles. The van der Waals surface area contributed by atoms with Crippen LogP contribution in [0.5, 0.6) is 11.9 Å². The normalized spacial score (nSPS) is 21.6. The van der Waals surface area contributed by atoms with E-state index in [4.69, 9.17) is 35.3 Å². The molecule has 2 fully saturated rings. The van der Waals surface area contributed by atoms with Crippen molar-refractivity contribution in [3.05, 3.63) is 46.0 Å². The van der Waals surface area contributed by atoms with E-state index in [1.54, 1.807) is 23.1 Å². The Labute approximate surface area is 273 Å². The van der Waals surface area contributed by atoms with Gasteiger partial charge in [0.25, 0.3) is 0 Å². The number of ether oxygens (including phenoxy) is 5. The highest BCUT2D eigenvalue weighted by Gasteiger charge is 2.49. The molecule has 2 aliphatic rings. The fourth-order valence-electron chi connectivity index (χ4n) is 5.16. The summed E-state index contributed by atoms with van der Waals surface area (Å²) >= 11 is 6.49. The fraction of sp³-hybridized carbons (Fsp3) is 0.600. The van der Waals surface area contributed by atoms with Crippen LogP contribution in [0.15, 0.2) is 22.6 Å². The number of pyridine rings is 1. The Balaban J connectivity index is 1.34. The number of benzene rings is 1. The Hall–Kier alpha value is -2.40. The second kappa shape index (κ2) is 14.4. The zero-order chi connectivity index (χ0) is 33.2. The molecule has 1 N–H and O–H groups in total. The molecule has 11 nitrogen and oxygen atoms in total. The van der Waals surface area contributed by atoms with Crippen LogP contribution in [-0.2, 0) is 43.7 Å². The van der Waals surface area contributed by atoms with Gasteiger partial charge in [0.2, 0.25) is 5.88 Å². The van der Waals surface area contributed by atoms with Crippen molar-refractivity contribution in [3.63, 3.8) is 0 Å². The van der Waals surface area contributed by atoms with Gasteiger partial charge in [-0.1, -0.05) is 31.2 Å². The van der Waals surface area contributed by atoms with Crippen LogP contribution in [0.2, 0.25) is 30.7 Å².